The fourth-order valence-corrected chi connectivity index (χ4v) is 3.68. The minimum absolute atomic E-state index is 0.109. The number of nitrogens with zero attached hydrogens (tertiary/aromatic N) is 2. The van der Waals surface area contributed by atoms with E-state index in [2.05, 4.69) is 40.1 Å². The van der Waals surface area contributed by atoms with E-state index < -0.39 is 0 Å². The average molecular weight is 272 g/mol. The molecule has 0 bridgehead atoms. The quantitative estimate of drug-likeness (QED) is 0.843. The molecule has 108 valence electrons. The summed E-state index contributed by atoms with van der Waals surface area (Å²) in [6.07, 6.45) is 3.80. The van der Waals surface area contributed by atoms with Crippen molar-refractivity contribution in [3.05, 3.63) is 35.9 Å². The Balaban J connectivity index is 1.72. The van der Waals surface area contributed by atoms with Crippen LogP contribution in [0, 0.1) is 0 Å². The number of ketones is 1. The number of fused-ring (bicyclic) bond motifs is 1. The van der Waals surface area contributed by atoms with Crippen LogP contribution in [0.3, 0.4) is 0 Å². The van der Waals surface area contributed by atoms with Gasteiger partial charge in [0.15, 0.2) is 0 Å². The number of hydrogen-bond donors (Lipinski definition) is 0. The summed E-state index contributed by atoms with van der Waals surface area (Å²) in [7, 11) is 0. The van der Waals surface area contributed by atoms with E-state index in [4.69, 9.17) is 0 Å². The first kappa shape index (κ1) is 13.8. The van der Waals surface area contributed by atoms with Gasteiger partial charge in [0.05, 0.1) is 6.04 Å². The van der Waals surface area contributed by atoms with E-state index in [0.717, 1.165) is 26.2 Å². The van der Waals surface area contributed by atoms with E-state index >= 15 is 0 Å². The van der Waals surface area contributed by atoms with Gasteiger partial charge in [-0.25, -0.2) is 0 Å². The smallest absolute Gasteiger partial charge is 0.148 e. The lowest BCUT2D eigenvalue weighted by molar-refractivity contribution is -0.127. The van der Waals surface area contributed by atoms with Gasteiger partial charge in [-0.15, -0.1) is 0 Å². The van der Waals surface area contributed by atoms with Crippen LogP contribution in [0.2, 0.25) is 0 Å². The highest BCUT2D eigenvalue weighted by atomic mass is 16.1. The Morgan fingerprint density at radius 2 is 2.00 bits per heavy atom. The molecule has 3 heteroatoms. The summed E-state index contributed by atoms with van der Waals surface area (Å²) >= 11 is 0. The second-order valence-electron chi connectivity index (χ2n) is 6.19. The molecule has 3 rings (SSSR count). The van der Waals surface area contributed by atoms with Gasteiger partial charge in [-0.1, -0.05) is 36.8 Å². The molecular formula is C17H24N2O. The highest BCUT2D eigenvalue weighted by Gasteiger charge is 2.37. The van der Waals surface area contributed by atoms with Crippen molar-refractivity contribution < 1.29 is 4.79 Å². The van der Waals surface area contributed by atoms with Gasteiger partial charge in [0.25, 0.3) is 0 Å². The fourth-order valence-electron chi connectivity index (χ4n) is 3.68. The molecule has 2 saturated heterocycles. The third-order valence-corrected chi connectivity index (χ3v) is 4.69. The van der Waals surface area contributed by atoms with E-state index in [0.29, 0.717) is 11.8 Å². The van der Waals surface area contributed by atoms with Crippen LogP contribution >= 0.6 is 0 Å². The molecule has 1 aromatic carbocycles. The van der Waals surface area contributed by atoms with Crippen LogP contribution in [0.4, 0.5) is 0 Å². The Morgan fingerprint density at radius 1 is 1.20 bits per heavy atom. The predicted molar refractivity (Wildman–Crippen MR) is 80.5 cm³/mol. The van der Waals surface area contributed by atoms with E-state index in [1.54, 1.807) is 6.92 Å². The summed E-state index contributed by atoms with van der Waals surface area (Å²) in [5.74, 6) is 0.328. The van der Waals surface area contributed by atoms with Crippen molar-refractivity contribution in [1.82, 2.24) is 9.80 Å². The van der Waals surface area contributed by atoms with Crippen molar-refractivity contribution in [2.24, 2.45) is 0 Å². The number of benzene rings is 1. The van der Waals surface area contributed by atoms with Crippen molar-refractivity contribution in [2.45, 2.75) is 44.8 Å². The number of hydrogen-bond acceptors (Lipinski definition) is 3. The Hall–Kier alpha value is -1.19. The minimum atomic E-state index is 0.109. The zero-order valence-corrected chi connectivity index (χ0v) is 12.3. The van der Waals surface area contributed by atoms with Crippen molar-refractivity contribution in [1.29, 1.82) is 0 Å². The number of carbonyl (C=O) groups excluding carboxylic acids is 1. The van der Waals surface area contributed by atoms with Crippen LogP contribution < -0.4 is 0 Å². The second-order valence-corrected chi connectivity index (χ2v) is 6.19. The molecule has 0 N–H and O–H groups in total. The summed E-state index contributed by atoms with van der Waals surface area (Å²) in [6.45, 7) is 5.82. The highest BCUT2D eigenvalue weighted by Crippen LogP contribution is 2.26. The molecule has 20 heavy (non-hydrogen) atoms. The number of rotatable bonds is 3. The number of piperidine rings is 1. The maximum absolute atomic E-state index is 12.0. The van der Waals surface area contributed by atoms with E-state index in [-0.39, 0.29) is 6.04 Å². The van der Waals surface area contributed by atoms with Crippen molar-refractivity contribution in [3.8, 4) is 0 Å². The standard InChI is InChI=1S/C17H24N2O/c1-14(20)17-13-18(11-15-7-3-2-4-8-15)12-16-9-5-6-10-19(16)17/h2-4,7-8,16-17H,5-6,9-13H2,1H3. The lowest BCUT2D eigenvalue weighted by Gasteiger charge is -2.48. The fraction of sp³-hybridized carbons (Fsp3) is 0.588. The summed E-state index contributed by atoms with van der Waals surface area (Å²) in [5, 5.41) is 0. The van der Waals surface area contributed by atoms with E-state index in [9.17, 15) is 4.79 Å². The lowest BCUT2D eigenvalue weighted by Crippen LogP contribution is -2.61. The molecule has 1 aromatic rings. The first-order valence-corrected chi connectivity index (χ1v) is 7.76. The van der Waals surface area contributed by atoms with Gasteiger partial charge in [0.1, 0.15) is 5.78 Å². The average Bonchev–Trinajstić information content (AvgIpc) is 2.47. The molecule has 2 aliphatic rings. The number of Topliss-reactive ketones (excluding diaryl/α,β-unsaturated/α-hetero) is 1. The molecule has 2 unspecified atom stereocenters. The Labute approximate surface area is 121 Å². The maximum Gasteiger partial charge on any atom is 0.148 e. The zero-order chi connectivity index (χ0) is 13.9. The summed E-state index contributed by atoms with van der Waals surface area (Å²) in [4.78, 5) is 16.9. The molecule has 2 atom stereocenters. The van der Waals surface area contributed by atoms with Crippen molar-refractivity contribution >= 4 is 5.78 Å². The van der Waals surface area contributed by atoms with Crippen LogP contribution in [0.25, 0.3) is 0 Å². The third-order valence-electron chi connectivity index (χ3n) is 4.69. The maximum atomic E-state index is 12.0. The van der Waals surface area contributed by atoms with Gasteiger partial charge < -0.3 is 0 Å². The van der Waals surface area contributed by atoms with Crippen LogP contribution in [0.15, 0.2) is 30.3 Å². The van der Waals surface area contributed by atoms with Gasteiger partial charge in [-0.3, -0.25) is 14.6 Å². The van der Waals surface area contributed by atoms with Crippen LogP contribution in [0.1, 0.15) is 31.7 Å². The van der Waals surface area contributed by atoms with Crippen molar-refractivity contribution in [3.63, 3.8) is 0 Å². The van der Waals surface area contributed by atoms with Gasteiger partial charge in [-0.2, -0.15) is 0 Å². The van der Waals surface area contributed by atoms with Crippen LogP contribution in [0.5, 0.6) is 0 Å². The van der Waals surface area contributed by atoms with Gasteiger partial charge in [0, 0.05) is 25.7 Å². The molecule has 0 aliphatic carbocycles. The number of piperazine rings is 1. The van der Waals surface area contributed by atoms with Gasteiger partial charge in [-0.05, 0) is 31.9 Å². The molecular weight excluding hydrogens is 248 g/mol. The predicted octanol–water partition coefficient (Wildman–Crippen LogP) is 2.31. The first-order valence-electron chi connectivity index (χ1n) is 7.76. The number of carbonyl (C=O) groups is 1. The molecule has 2 fully saturated rings. The molecule has 2 aliphatic heterocycles. The Morgan fingerprint density at radius 3 is 2.75 bits per heavy atom. The normalized spacial score (nSPS) is 28.1. The molecule has 0 aromatic heterocycles. The molecule has 2 heterocycles. The summed E-state index contributed by atoms with van der Waals surface area (Å²) < 4.78 is 0. The second kappa shape index (κ2) is 6.06. The SMILES string of the molecule is CC(=O)C1CN(Cc2ccccc2)CC2CCCCN21. The van der Waals surface area contributed by atoms with Crippen LogP contribution in [-0.2, 0) is 11.3 Å². The minimum Gasteiger partial charge on any atom is -0.298 e. The molecule has 0 amide bonds. The van der Waals surface area contributed by atoms with Gasteiger partial charge in [0.2, 0.25) is 0 Å². The van der Waals surface area contributed by atoms with Gasteiger partial charge >= 0.3 is 0 Å². The topological polar surface area (TPSA) is 23.6 Å². The molecule has 0 saturated carbocycles. The third kappa shape index (κ3) is 2.94. The Kier molecular flexibility index (Phi) is 4.18. The van der Waals surface area contributed by atoms with Crippen LogP contribution in [-0.4, -0.2) is 47.3 Å². The summed E-state index contributed by atoms with van der Waals surface area (Å²) in [6, 6.07) is 11.3. The largest absolute Gasteiger partial charge is 0.298 e. The zero-order valence-electron chi connectivity index (χ0n) is 12.3. The Bertz CT molecular complexity index is 459. The molecule has 0 spiro atoms. The first-order chi connectivity index (χ1) is 9.74. The highest BCUT2D eigenvalue weighted by molar-refractivity contribution is 5.81. The monoisotopic (exact) mass is 272 g/mol. The van der Waals surface area contributed by atoms with E-state index in [1.165, 1.54) is 24.8 Å². The lowest BCUT2D eigenvalue weighted by atomic mass is 9.94. The molecule has 3 nitrogen and oxygen atoms in total. The van der Waals surface area contributed by atoms with E-state index in [1.807, 2.05) is 0 Å². The summed E-state index contributed by atoms with van der Waals surface area (Å²) in [5.41, 5.74) is 1.35. The molecule has 0 radical (unpaired) electrons. The van der Waals surface area contributed by atoms with Crippen molar-refractivity contribution in [2.75, 3.05) is 19.6 Å².